The average Bonchev–Trinajstić information content (AvgIpc) is 2.68. The number of benzene rings is 2. The maximum Gasteiger partial charge on any atom is 0.326 e. The molecule has 158 valence electrons. The number of carbonyl (C=O) groups is 3. The Bertz CT molecular complexity index is 958. The number of carboxylic acid groups (broad SMARTS) is 1. The molecule has 1 atom stereocenters. The number of aliphatic carboxylic acids is 1. The summed E-state index contributed by atoms with van der Waals surface area (Å²) < 4.78 is 0.807. The van der Waals surface area contributed by atoms with E-state index < -0.39 is 23.8 Å². The fraction of sp³-hybridized carbons (Fsp3) is 0.227. The Morgan fingerprint density at radius 3 is 2.30 bits per heavy atom. The minimum Gasteiger partial charge on any atom is -0.480 e. The fourth-order valence-corrected chi connectivity index (χ4v) is 3.09. The lowest BCUT2D eigenvalue weighted by Gasteiger charge is -2.18. The van der Waals surface area contributed by atoms with E-state index in [1.807, 2.05) is 13.8 Å². The molecule has 0 spiro atoms. The van der Waals surface area contributed by atoms with Crippen LogP contribution in [0, 0.1) is 5.92 Å². The predicted octanol–water partition coefficient (Wildman–Crippen LogP) is 4.49. The van der Waals surface area contributed by atoms with Gasteiger partial charge in [0, 0.05) is 15.1 Å². The fourth-order valence-electron chi connectivity index (χ4n) is 2.63. The molecule has 6 nitrogen and oxygen atoms in total. The molecule has 30 heavy (non-hydrogen) atoms. The van der Waals surface area contributed by atoms with Crippen molar-refractivity contribution in [2.24, 2.45) is 5.92 Å². The number of hydrogen-bond donors (Lipinski definition) is 3. The molecule has 0 aliphatic rings. The quantitative estimate of drug-likeness (QED) is 0.472. The normalized spacial score (nSPS) is 12.4. The van der Waals surface area contributed by atoms with Gasteiger partial charge < -0.3 is 15.7 Å². The molecule has 3 N–H and O–H groups in total. The van der Waals surface area contributed by atoms with Crippen LogP contribution in [0.1, 0.15) is 36.2 Å². The smallest absolute Gasteiger partial charge is 0.326 e. The second-order valence-corrected chi connectivity index (χ2v) is 8.36. The third kappa shape index (κ3) is 7.00. The topological polar surface area (TPSA) is 95.5 Å². The Morgan fingerprint density at radius 1 is 1.10 bits per heavy atom. The van der Waals surface area contributed by atoms with Gasteiger partial charge in [-0.05, 0) is 54.3 Å². The standard InChI is InChI=1S/C22H22BrClN2O4/c1-13(2)11-19(22(29)30)26-21(28)18(12-15-5-3-4-6-17(15)24)25-20(27)14-7-9-16(23)10-8-14/h3-10,12-13,19H,11H2,1-2H3,(H,25,27)(H,26,28)(H,29,30)/b18-12+/t19-/m1/s1. The van der Waals surface area contributed by atoms with Crippen LogP contribution in [0.2, 0.25) is 5.02 Å². The van der Waals surface area contributed by atoms with Crippen LogP contribution in [0.25, 0.3) is 6.08 Å². The first kappa shape index (κ1) is 23.6. The molecule has 0 aliphatic heterocycles. The molecule has 8 heteroatoms. The molecule has 2 rings (SSSR count). The molecule has 0 unspecified atom stereocenters. The van der Waals surface area contributed by atoms with E-state index in [0.29, 0.717) is 16.1 Å². The van der Waals surface area contributed by atoms with Gasteiger partial charge in [-0.15, -0.1) is 0 Å². The van der Waals surface area contributed by atoms with Crippen molar-refractivity contribution in [3.8, 4) is 0 Å². The maximum atomic E-state index is 12.9. The van der Waals surface area contributed by atoms with Gasteiger partial charge in [0.1, 0.15) is 11.7 Å². The SMILES string of the molecule is CC(C)C[C@@H](NC(=O)/C(=C\c1ccccc1Cl)NC(=O)c1ccc(Br)cc1)C(=O)O. The zero-order valence-corrected chi connectivity index (χ0v) is 18.8. The zero-order valence-electron chi connectivity index (χ0n) is 16.5. The number of rotatable bonds is 8. The van der Waals surface area contributed by atoms with Gasteiger partial charge >= 0.3 is 5.97 Å². The van der Waals surface area contributed by atoms with Crippen LogP contribution < -0.4 is 10.6 Å². The molecule has 2 aromatic rings. The number of carboxylic acids is 1. The van der Waals surface area contributed by atoms with E-state index in [9.17, 15) is 19.5 Å². The molecule has 2 amide bonds. The van der Waals surface area contributed by atoms with Gasteiger partial charge in [0.05, 0.1) is 0 Å². The van der Waals surface area contributed by atoms with Crippen LogP contribution >= 0.6 is 27.5 Å². The van der Waals surface area contributed by atoms with E-state index in [1.165, 1.54) is 6.08 Å². The third-order valence-electron chi connectivity index (χ3n) is 4.11. The molecular weight excluding hydrogens is 472 g/mol. The molecule has 0 radical (unpaired) electrons. The Kier molecular flexibility index (Phi) is 8.62. The van der Waals surface area contributed by atoms with Crippen molar-refractivity contribution in [3.63, 3.8) is 0 Å². The van der Waals surface area contributed by atoms with Crippen LogP contribution in [0.15, 0.2) is 58.7 Å². The van der Waals surface area contributed by atoms with Crippen molar-refractivity contribution in [1.29, 1.82) is 0 Å². The Balaban J connectivity index is 2.34. The lowest BCUT2D eigenvalue weighted by atomic mass is 10.0. The molecule has 0 saturated heterocycles. The van der Waals surface area contributed by atoms with Gasteiger partial charge in [0.2, 0.25) is 0 Å². The first-order valence-corrected chi connectivity index (χ1v) is 10.4. The highest BCUT2D eigenvalue weighted by molar-refractivity contribution is 9.10. The summed E-state index contributed by atoms with van der Waals surface area (Å²) in [7, 11) is 0. The Labute approximate surface area is 188 Å². The third-order valence-corrected chi connectivity index (χ3v) is 4.99. The number of carbonyl (C=O) groups excluding carboxylic acids is 2. The van der Waals surface area contributed by atoms with Crippen molar-refractivity contribution in [2.45, 2.75) is 26.3 Å². The van der Waals surface area contributed by atoms with Gasteiger partial charge in [0.15, 0.2) is 0 Å². The first-order valence-electron chi connectivity index (χ1n) is 9.24. The minimum absolute atomic E-state index is 0.0553. The van der Waals surface area contributed by atoms with Crippen molar-refractivity contribution < 1.29 is 19.5 Å². The highest BCUT2D eigenvalue weighted by Gasteiger charge is 2.24. The van der Waals surface area contributed by atoms with E-state index in [0.717, 1.165) is 4.47 Å². The summed E-state index contributed by atoms with van der Waals surface area (Å²) in [6.45, 7) is 3.72. The summed E-state index contributed by atoms with van der Waals surface area (Å²) in [5, 5.41) is 14.9. The van der Waals surface area contributed by atoms with Crippen LogP contribution in [-0.2, 0) is 9.59 Å². The lowest BCUT2D eigenvalue weighted by molar-refractivity contribution is -0.141. The van der Waals surface area contributed by atoms with Crippen molar-refractivity contribution >= 4 is 51.4 Å². The molecule has 0 saturated carbocycles. The summed E-state index contributed by atoms with van der Waals surface area (Å²) >= 11 is 9.48. The Hall–Kier alpha value is -2.64. The van der Waals surface area contributed by atoms with Crippen LogP contribution in [0.4, 0.5) is 0 Å². The van der Waals surface area contributed by atoms with Gasteiger partial charge in [-0.3, -0.25) is 9.59 Å². The van der Waals surface area contributed by atoms with Gasteiger partial charge in [-0.25, -0.2) is 4.79 Å². The van der Waals surface area contributed by atoms with E-state index in [-0.39, 0.29) is 18.0 Å². The summed E-state index contributed by atoms with van der Waals surface area (Å²) in [6, 6.07) is 12.3. The zero-order chi connectivity index (χ0) is 22.3. The molecule has 0 aliphatic carbocycles. The first-order chi connectivity index (χ1) is 14.2. The second kappa shape index (κ2) is 10.9. The largest absolute Gasteiger partial charge is 0.480 e. The van der Waals surface area contributed by atoms with E-state index in [2.05, 4.69) is 26.6 Å². The summed E-state index contributed by atoms with van der Waals surface area (Å²) in [5.74, 6) is -2.31. The second-order valence-electron chi connectivity index (χ2n) is 7.03. The van der Waals surface area contributed by atoms with Gasteiger partial charge in [-0.1, -0.05) is 59.6 Å². The molecule has 0 bridgehead atoms. The molecule has 0 heterocycles. The van der Waals surface area contributed by atoms with Crippen LogP contribution in [0.5, 0.6) is 0 Å². The number of hydrogen-bond acceptors (Lipinski definition) is 3. The summed E-state index contributed by atoms with van der Waals surface area (Å²) in [5.41, 5.74) is 0.746. The van der Waals surface area contributed by atoms with Crippen molar-refractivity contribution in [3.05, 3.63) is 74.9 Å². The summed E-state index contributed by atoms with van der Waals surface area (Å²) in [4.78, 5) is 37.0. The molecular formula is C22H22BrClN2O4. The van der Waals surface area contributed by atoms with Crippen molar-refractivity contribution in [2.75, 3.05) is 0 Å². The monoisotopic (exact) mass is 492 g/mol. The molecule has 0 fully saturated rings. The molecule has 2 aromatic carbocycles. The van der Waals surface area contributed by atoms with E-state index in [1.54, 1.807) is 48.5 Å². The van der Waals surface area contributed by atoms with E-state index in [4.69, 9.17) is 11.6 Å². The maximum absolute atomic E-state index is 12.9. The van der Waals surface area contributed by atoms with Crippen molar-refractivity contribution in [1.82, 2.24) is 10.6 Å². The van der Waals surface area contributed by atoms with Gasteiger partial charge in [-0.2, -0.15) is 0 Å². The Morgan fingerprint density at radius 2 is 1.73 bits per heavy atom. The van der Waals surface area contributed by atoms with Crippen LogP contribution in [-0.4, -0.2) is 28.9 Å². The number of nitrogens with one attached hydrogen (secondary N) is 2. The highest BCUT2D eigenvalue weighted by Crippen LogP contribution is 2.18. The minimum atomic E-state index is -1.15. The van der Waals surface area contributed by atoms with Gasteiger partial charge in [0.25, 0.3) is 11.8 Å². The molecule has 0 aromatic heterocycles. The highest BCUT2D eigenvalue weighted by atomic mass is 79.9. The average molecular weight is 494 g/mol. The predicted molar refractivity (Wildman–Crippen MR) is 120 cm³/mol. The van der Waals surface area contributed by atoms with E-state index >= 15 is 0 Å². The summed E-state index contributed by atoms with van der Waals surface area (Å²) in [6.07, 6.45) is 1.67. The lowest BCUT2D eigenvalue weighted by Crippen LogP contribution is -2.45. The number of amides is 2. The number of halogens is 2. The van der Waals surface area contributed by atoms with Crippen LogP contribution in [0.3, 0.4) is 0 Å².